The van der Waals surface area contributed by atoms with Gasteiger partial charge in [0.1, 0.15) is 11.6 Å². The molecule has 0 aliphatic heterocycles. The zero-order chi connectivity index (χ0) is 19.0. The van der Waals surface area contributed by atoms with Crippen molar-refractivity contribution in [3.63, 3.8) is 0 Å². The van der Waals surface area contributed by atoms with Gasteiger partial charge < -0.3 is 11.1 Å². The van der Waals surface area contributed by atoms with Gasteiger partial charge in [0.05, 0.1) is 23.6 Å². The predicted octanol–water partition coefficient (Wildman–Crippen LogP) is 2.93. The summed E-state index contributed by atoms with van der Waals surface area (Å²) in [6, 6.07) is 7.79. The van der Waals surface area contributed by atoms with Crippen LogP contribution in [-0.2, 0) is 11.2 Å². The van der Waals surface area contributed by atoms with Crippen molar-refractivity contribution in [3.05, 3.63) is 42.4 Å². The van der Waals surface area contributed by atoms with Crippen LogP contribution < -0.4 is 11.1 Å². The molecule has 1 saturated carbocycles. The van der Waals surface area contributed by atoms with Crippen LogP contribution in [0.15, 0.2) is 36.8 Å². The molecule has 2 atom stereocenters. The van der Waals surface area contributed by atoms with Gasteiger partial charge in [-0.25, -0.2) is 9.97 Å². The number of nitrogen functional groups attached to an aromatic ring is 1. The number of hydrogen-bond donors (Lipinski definition) is 2. The topological polar surface area (TPSA) is 118 Å². The summed E-state index contributed by atoms with van der Waals surface area (Å²) in [5.74, 6) is 0.222. The lowest BCUT2D eigenvalue weighted by molar-refractivity contribution is -0.117. The zero-order valence-corrected chi connectivity index (χ0v) is 14.8. The van der Waals surface area contributed by atoms with Gasteiger partial charge in [-0.3, -0.25) is 9.78 Å². The van der Waals surface area contributed by atoms with Crippen molar-refractivity contribution in [2.24, 2.45) is 11.8 Å². The van der Waals surface area contributed by atoms with Crippen LogP contribution in [0.25, 0.3) is 22.0 Å². The van der Waals surface area contributed by atoms with E-state index in [0.29, 0.717) is 18.1 Å². The largest absolute Gasteiger partial charge is 0.383 e. The van der Waals surface area contributed by atoms with E-state index < -0.39 is 0 Å². The fourth-order valence-electron chi connectivity index (χ4n) is 3.19. The Morgan fingerprint density at radius 3 is 3.00 bits per heavy atom. The molecule has 7 nitrogen and oxygen atoms in total. The second kappa shape index (κ2) is 6.65. The molecule has 7 heteroatoms. The normalized spacial score (nSPS) is 18.1. The molecule has 3 N–H and O–H groups in total. The minimum Gasteiger partial charge on any atom is -0.383 e. The summed E-state index contributed by atoms with van der Waals surface area (Å²) in [4.78, 5) is 25.1. The first-order valence-electron chi connectivity index (χ1n) is 8.80. The Hall–Kier alpha value is -3.53. The number of pyridine rings is 3. The van der Waals surface area contributed by atoms with Crippen molar-refractivity contribution in [1.82, 2.24) is 15.0 Å². The van der Waals surface area contributed by atoms with Crippen LogP contribution in [0.4, 0.5) is 11.6 Å². The first-order chi connectivity index (χ1) is 13.1. The molecule has 1 aliphatic carbocycles. The van der Waals surface area contributed by atoms with E-state index in [1.165, 1.54) is 0 Å². The molecule has 1 unspecified atom stereocenters. The molecule has 3 heterocycles. The van der Waals surface area contributed by atoms with E-state index >= 15 is 0 Å². The molecule has 0 saturated heterocycles. The van der Waals surface area contributed by atoms with Gasteiger partial charge in [0, 0.05) is 29.5 Å². The third-order valence-corrected chi connectivity index (χ3v) is 4.86. The molecular weight excluding hydrogens is 340 g/mol. The van der Waals surface area contributed by atoms with Gasteiger partial charge in [-0.2, -0.15) is 5.26 Å². The van der Waals surface area contributed by atoms with Crippen molar-refractivity contribution in [2.45, 2.75) is 19.8 Å². The number of nitriles is 1. The summed E-state index contributed by atoms with van der Waals surface area (Å²) in [5, 5.41) is 13.2. The molecule has 1 aliphatic rings. The summed E-state index contributed by atoms with van der Waals surface area (Å²) < 4.78 is 0. The van der Waals surface area contributed by atoms with Crippen LogP contribution in [0.3, 0.4) is 0 Å². The monoisotopic (exact) mass is 358 g/mol. The maximum Gasteiger partial charge on any atom is 0.230 e. The fourth-order valence-corrected chi connectivity index (χ4v) is 3.19. The number of aromatic nitrogens is 3. The number of amides is 1. The van der Waals surface area contributed by atoms with Gasteiger partial charge in [0.2, 0.25) is 5.91 Å². The summed E-state index contributed by atoms with van der Waals surface area (Å²) in [5.41, 5.74) is 8.94. The van der Waals surface area contributed by atoms with E-state index in [2.05, 4.69) is 33.3 Å². The molecule has 0 bridgehead atoms. The molecule has 0 radical (unpaired) electrons. The van der Waals surface area contributed by atoms with E-state index in [4.69, 9.17) is 11.0 Å². The molecule has 134 valence electrons. The number of rotatable bonds is 4. The number of fused-ring (bicyclic) bond motifs is 1. The molecule has 4 rings (SSSR count). The van der Waals surface area contributed by atoms with Crippen molar-refractivity contribution in [3.8, 4) is 17.3 Å². The Labute approximate surface area is 156 Å². The van der Waals surface area contributed by atoms with Crippen LogP contribution >= 0.6 is 0 Å². The zero-order valence-electron chi connectivity index (χ0n) is 14.8. The van der Waals surface area contributed by atoms with Crippen LogP contribution in [0.1, 0.15) is 18.9 Å². The molecular formula is C20H18N6O. The number of hydrogen-bond acceptors (Lipinski definition) is 6. The van der Waals surface area contributed by atoms with E-state index in [-0.39, 0.29) is 17.7 Å². The highest BCUT2D eigenvalue weighted by atomic mass is 16.2. The number of nitrogens with one attached hydrogen (secondary N) is 1. The van der Waals surface area contributed by atoms with Crippen LogP contribution in [0, 0.1) is 23.2 Å². The Morgan fingerprint density at radius 2 is 2.26 bits per heavy atom. The predicted molar refractivity (Wildman–Crippen MR) is 102 cm³/mol. The Bertz CT molecular complexity index is 1090. The molecule has 0 aromatic carbocycles. The number of carbonyl (C=O) groups excluding carboxylic acids is 1. The Balaban J connectivity index is 1.70. The first-order valence-corrected chi connectivity index (χ1v) is 8.80. The van der Waals surface area contributed by atoms with Gasteiger partial charge in [-0.05, 0) is 42.0 Å². The molecule has 1 fully saturated rings. The molecule has 27 heavy (non-hydrogen) atoms. The van der Waals surface area contributed by atoms with Crippen molar-refractivity contribution in [1.29, 1.82) is 5.26 Å². The van der Waals surface area contributed by atoms with Crippen molar-refractivity contribution < 1.29 is 4.79 Å². The highest BCUT2D eigenvalue weighted by molar-refractivity contribution is 5.98. The second-order valence-corrected chi connectivity index (χ2v) is 6.64. The van der Waals surface area contributed by atoms with E-state index in [1.54, 1.807) is 24.7 Å². The average molecular weight is 358 g/mol. The minimum atomic E-state index is -0.243. The first kappa shape index (κ1) is 16.9. The fraction of sp³-hybridized carbons (Fsp3) is 0.250. The third-order valence-electron chi connectivity index (χ3n) is 4.86. The van der Waals surface area contributed by atoms with Gasteiger partial charge in [0.15, 0.2) is 0 Å². The Kier molecular flexibility index (Phi) is 4.16. The van der Waals surface area contributed by atoms with Crippen molar-refractivity contribution in [2.75, 3.05) is 11.1 Å². The number of nitrogens with two attached hydrogens (primary N) is 1. The van der Waals surface area contributed by atoms with Gasteiger partial charge >= 0.3 is 0 Å². The maximum atomic E-state index is 12.2. The summed E-state index contributed by atoms with van der Waals surface area (Å²) in [7, 11) is 0. The van der Waals surface area contributed by atoms with Crippen LogP contribution in [0.5, 0.6) is 0 Å². The van der Waals surface area contributed by atoms with Gasteiger partial charge in [-0.15, -0.1) is 0 Å². The summed E-state index contributed by atoms with van der Waals surface area (Å²) in [6.45, 7) is 2.08. The van der Waals surface area contributed by atoms with Crippen molar-refractivity contribution >= 4 is 28.3 Å². The van der Waals surface area contributed by atoms with E-state index in [0.717, 1.165) is 34.0 Å². The second-order valence-electron chi connectivity index (χ2n) is 6.64. The summed E-state index contributed by atoms with van der Waals surface area (Å²) >= 11 is 0. The smallest absolute Gasteiger partial charge is 0.230 e. The molecule has 0 spiro atoms. The lowest BCUT2D eigenvalue weighted by Gasteiger charge is -2.10. The lowest BCUT2D eigenvalue weighted by atomic mass is 10.0. The summed E-state index contributed by atoms with van der Waals surface area (Å²) in [6.07, 6.45) is 6.62. The quantitative estimate of drug-likeness (QED) is 0.740. The average Bonchev–Trinajstić information content (AvgIpc) is 3.47. The standard InChI is InChI=1S/C20H18N6O/c1-2-11-3-4-23-9-15(11)17-6-12-7-18(24-10-16(12)19(22)25-17)26-20(27)14-5-13(14)8-21/h3-4,6-7,9-10,13-14H,2,5H2,1H3,(H2,22,25)(H,24,26,27)/t13?,14-/m1/s1. The number of carbonyl (C=O) groups is 1. The third kappa shape index (κ3) is 3.17. The molecule has 3 aromatic heterocycles. The van der Waals surface area contributed by atoms with E-state index in [1.807, 2.05) is 12.1 Å². The van der Waals surface area contributed by atoms with Gasteiger partial charge in [0.25, 0.3) is 0 Å². The van der Waals surface area contributed by atoms with Gasteiger partial charge in [-0.1, -0.05) is 6.92 Å². The highest BCUT2D eigenvalue weighted by Gasteiger charge is 2.43. The van der Waals surface area contributed by atoms with E-state index in [9.17, 15) is 4.79 Å². The number of anilines is 2. The Morgan fingerprint density at radius 1 is 1.41 bits per heavy atom. The minimum absolute atomic E-state index is 0.170. The number of nitrogens with zero attached hydrogens (tertiary/aromatic N) is 4. The molecule has 1 amide bonds. The maximum absolute atomic E-state index is 12.2. The SMILES string of the molecule is CCc1ccncc1-c1cc2cc(NC(=O)[C@@H]3CC3C#N)ncc2c(N)n1. The molecule has 3 aromatic rings. The highest BCUT2D eigenvalue weighted by Crippen LogP contribution is 2.38. The van der Waals surface area contributed by atoms with Crippen LogP contribution in [-0.4, -0.2) is 20.9 Å². The lowest BCUT2D eigenvalue weighted by Crippen LogP contribution is -2.15. The number of aryl methyl sites for hydroxylation is 1. The van der Waals surface area contributed by atoms with Crippen LogP contribution in [0.2, 0.25) is 0 Å².